The molecule has 0 radical (unpaired) electrons. The van der Waals surface area contributed by atoms with Gasteiger partial charge in [-0.3, -0.25) is 0 Å². The van der Waals surface area contributed by atoms with Crippen molar-refractivity contribution >= 4 is 5.97 Å². The van der Waals surface area contributed by atoms with Crippen molar-refractivity contribution in [3.63, 3.8) is 0 Å². The molecule has 0 atom stereocenters. The molecule has 1 fully saturated rings. The van der Waals surface area contributed by atoms with E-state index in [9.17, 15) is 4.79 Å². The number of hydrogen-bond donors (Lipinski definition) is 0. The highest BCUT2D eigenvalue weighted by atomic mass is 16.5. The molecule has 0 aromatic carbocycles. The number of pyridine rings is 1. The largest absolute Gasteiger partial charge is 0.477 e. The summed E-state index contributed by atoms with van der Waals surface area (Å²) in [6.45, 7) is 0.692. The van der Waals surface area contributed by atoms with Crippen molar-refractivity contribution in [2.75, 3.05) is 13.7 Å². The first-order valence-corrected chi connectivity index (χ1v) is 4.97. The predicted octanol–water partition coefficient (Wildman–Crippen LogP) is 1.66. The molecule has 1 aromatic rings. The molecule has 0 amide bonds. The predicted molar refractivity (Wildman–Crippen MR) is 53.8 cm³/mol. The van der Waals surface area contributed by atoms with E-state index < -0.39 is 0 Å². The molecule has 4 nitrogen and oxygen atoms in total. The van der Waals surface area contributed by atoms with Crippen LogP contribution in [-0.2, 0) is 4.74 Å². The zero-order valence-corrected chi connectivity index (χ0v) is 8.60. The number of carbonyl (C=O) groups is 1. The molecular weight excluding hydrogens is 194 g/mol. The Bertz CT molecular complexity index is 361. The summed E-state index contributed by atoms with van der Waals surface area (Å²) < 4.78 is 10.1. The van der Waals surface area contributed by atoms with E-state index in [0.717, 1.165) is 0 Å². The van der Waals surface area contributed by atoms with Crippen LogP contribution in [0.25, 0.3) is 0 Å². The lowest BCUT2D eigenvalue weighted by atomic mass is 10.3. The van der Waals surface area contributed by atoms with Gasteiger partial charge in [0.15, 0.2) is 0 Å². The minimum atomic E-state index is -0.367. The summed E-state index contributed by atoms with van der Waals surface area (Å²) in [6, 6.07) is 3.21. The van der Waals surface area contributed by atoms with Crippen molar-refractivity contribution in [2.24, 2.45) is 5.92 Å². The molecule has 1 saturated carbocycles. The summed E-state index contributed by atoms with van der Waals surface area (Å²) in [7, 11) is 1.35. The first kappa shape index (κ1) is 9.96. The first-order valence-electron chi connectivity index (χ1n) is 4.97. The fraction of sp³-hybridized carbons (Fsp3) is 0.455. The fourth-order valence-electron chi connectivity index (χ4n) is 1.22. The molecule has 0 saturated heterocycles. The minimum Gasteiger partial charge on any atom is -0.477 e. The minimum absolute atomic E-state index is 0.367. The van der Waals surface area contributed by atoms with Gasteiger partial charge in [-0.25, -0.2) is 9.78 Å². The Labute approximate surface area is 88.2 Å². The van der Waals surface area contributed by atoms with E-state index in [4.69, 9.17) is 4.74 Å². The lowest BCUT2D eigenvalue weighted by Crippen LogP contribution is -2.04. The maximum absolute atomic E-state index is 11.2. The van der Waals surface area contributed by atoms with Crippen LogP contribution in [0.1, 0.15) is 23.2 Å². The summed E-state index contributed by atoms with van der Waals surface area (Å²) in [5, 5.41) is 0. The van der Waals surface area contributed by atoms with Gasteiger partial charge in [-0.05, 0) is 24.8 Å². The first-order chi connectivity index (χ1) is 7.29. The van der Waals surface area contributed by atoms with Crippen LogP contribution in [-0.4, -0.2) is 24.7 Å². The van der Waals surface area contributed by atoms with Gasteiger partial charge in [0, 0.05) is 12.3 Å². The molecule has 0 unspecified atom stereocenters. The molecule has 0 aliphatic heterocycles. The van der Waals surface area contributed by atoms with Gasteiger partial charge in [0.2, 0.25) is 5.88 Å². The quantitative estimate of drug-likeness (QED) is 0.704. The summed E-state index contributed by atoms with van der Waals surface area (Å²) in [5.74, 6) is 0.798. The Kier molecular flexibility index (Phi) is 2.85. The molecule has 0 bridgehead atoms. The van der Waals surface area contributed by atoms with Crippen molar-refractivity contribution in [1.82, 2.24) is 4.98 Å². The molecule has 0 spiro atoms. The maximum Gasteiger partial charge on any atom is 0.338 e. The second kappa shape index (κ2) is 4.29. The molecule has 1 aromatic heterocycles. The molecule has 15 heavy (non-hydrogen) atoms. The van der Waals surface area contributed by atoms with E-state index in [1.807, 2.05) is 0 Å². The van der Waals surface area contributed by atoms with Crippen LogP contribution in [0, 0.1) is 5.92 Å². The molecule has 80 valence electrons. The standard InChI is InChI=1S/C11H13NO3/c1-14-11(13)9-4-5-12-10(6-9)15-7-8-2-3-8/h4-6,8H,2-3,7H2,1H3. The van der Waals surface area contributed by atoms with Crippen molar-refractivity contribution < 1.29 is 14.3 Å². The van der Waals surface area contributed by atoms with Crippen molar-refractivity contribution in [2.45, 2.75) is 12.8 Å². The van der Waals surface area contributed by atoms with Crippen LogP contribution in [0.3, 0.4) is 0 Å². The van der Waals surface area contributed by atoms with E-state index in [1.54, 1.807) is 18.3 Å². The van der Waals surface area contributed by atoms with Gasteiger partial charge in [-0.15, -0.1) is 0 Å². The van der Waals surface area contributed by atoms with Gasteiger partial charge in [0.25, 0.3) is 0 Å². The zero-order chi connectivity index (χ0) is 10.7. The van der Waals surface area contributed by atoms with E-state index in [2.05, 4.69) is 9.72 Å². The second-order valence-corrected chi connectivity index (χ2v) is 3.63. The maximum atomic E-state index is 11.2. The number of nitrogens with zero attached hydrogens (tertiary/aromatic N) is 1. The van der Waals surface area contributed by atoms with Gasteiger partial charge in [-0.1, -0.05) is 0 Å². The van der Waals surface area contributed by atoms with Crippen molar-refractivity contribution in [3.8, 4) is 5.88 Å². The van der Waals surface area contributed by atoms with Gasteiger partial charge in [-0.2, -0.15) is 0 Å². The zero-order valence-electron chi connectivity index (χ0n) is 8.60. The molecular formula is C11H13NO3. The smallest absolute Gasteiger partial charge is 0.338 e. The Balaban J connectivity index is 2.00. The number of esters is 1. The van der Waals surface area contributed by atoms with Crippen LogP contribution in [0.2, 0.25) is 0 Å². The van der Waals surface area contributed by atoms with Gasteiger partial charge >= 0.3 is 5.97 Å². The number of ether oxygens (including phenoxy) is 2. The lowest BCUT2D eigenvalue weighted by molar-refractivity contribution is 0.0600. The highest BCUT2D eigenvalue weighted by Crippen LogP contribution is 2.29. The van der Waals surface area contributed by atoms with E-state index in [1.165, 1.54) is 20.0 Å². The third-order valence-electron chi connectivity index (χ3n) is 2.32. The van der Waals surface area contributed by atoms with Gasteiger partial charge < -0.3 is 9.47 Å². The highest BCUT2D eigenvalue weighted by molar-refractivity contribution is 5.89. The summed E-state index contributed by atoms with van der Waals surface area (Å²) in [5.41, 5.74) is 0.471. The van der Waals surface area contributed by atoms with Crippen LogP contribution < -0.4 is 4.74 Å². The normalized spacial score (nSPS) is 14.7. The van der Waals surface area contributed by atoms with E-state index >= 15 is 0 Å². The number of rotatable bonds is 4. The Morgan fingerprint density at radius 1 is 1.60 bits per heavy atom. The fourth-order valence-corrected chi connectivity index (χ4v) is 1.22. The molecule has 4 heteroatoms. The third kappa shape index (κ3) is 2.68. The van der Waals surface area contributed by atoms with E-state index in [0.29, 0.717) is 24.0 Å². The van der Waals surface area contributed by atoms with Crippen molar-refractivity contribution in [1.29, 1.82) is 0 Å². The number of methoxy groups -OCH3 is 1. The molecule has 1 aliphatic rings. The number of hydrogen-bond acceptors (Lipinski definition) is 4. The topological polar surface area (TPSA) is 48.4 Å². The summed E-state index contributed by atoms with van der Waals surface area (Å²) >= 11 is 0. The molecule has 0 N–H and O–H groups in total. The average molecular weight is 207 g/mol. The average Bonchev–Trinajstić information content (AvgIpc) is 3.09. The SMILES string of the molecule is COC(=O)c1ccnc(OCC2CC2)c1. The van der Waals surface area contributed by atoms with Crippen LogP contribution in [0.4, 0.5) is 0 Å². The number of aromatic nitrogens is 1. The summed E-state index contributed by atoms with van der Waals surface area (Å²) in [4.78, 5) is 15.2. The molecule has 1 heterocycles. The van der Waals surface area contributed by atoms with Crippen molar-refractivity contribution in [3.05, 3.63) is 23.9 Å². The highest BCUT2D eigenvalue weighted by Gasteiger charge is 2.22. The molecule has 2 rings (SSSR count). The molecule has 1 aliphatic carbocycles. The van der Waals surface area contributed by atoms with E-state index in [-0.39, 0.29) is 5.97 Å². The number of carbonyl (C=O) groups excluding carboxylic acids is 1. The Morgan fingerprint density at radius 3 is 3.07 bits per heavy atom. The van der Waals surface area contributed by atoms with Gasteiger partial charge in [0.1, 0.15) is 0 Å². The third-order valence-corrected chi connectivity index (χ3v) is 2.32. The Hall–Kier alpha value is -1.58. The monoisotopic (exact) mass is 207 g/mol. The van der Waals surface area contributed by atoms with Crippen LogP contribution in [0.5, 0.6) is 5.88 Å². The summed E-state index contributed by atoms with van der Waals surface area (Å²) in [6.07, 6.45) is 4.02. The van der Waals surface area contributed by atoms with Crippen LogP contribution in [0.15, 0.2) is 18.3 Å². The Morgan fingerprint density at radius 2 is 2.40 bits per heavy atom. The van der Waals surface area contributed by atoms with Crippen LogP contribution >= 0.6 is 0 Å². The lowest BCUT2D eigenvalue weighted by Gasteiger charge is -2.04. The van der Waals surface area contributed by atoms with Gasteiger partial charge in [0.05, 0.1) is 19.3 Å². The second-order valence-electron chi connectivity index (χ2n) is 3.63.